The van der Waals surface area contributed by atoms with E-state index in [1.807, 2.05) is 19.2 Å². The maximum Gasteiger partial charge on any atom is 0.241 e. The summed E-state index contributed by atoms with van der Waals surface area (Å²) >= 11 is 1.44. The molecule has 0 unspecified atom stereocenters. The van der Waals surface area contributed by atoms with E-state index < -0.39 is 10.0 Å². The molecule has 0 saturated carbocycles. The molecule has 0 radical (unpaired) electrons. The Hall–Kier alpha value is -1.44. The van der Waals surface area contributed by atoms with E-state index in [4.69, 9.17) is 5.73 Å². The molecule has 0 aliphatic rings. The van der Waals surface area contributed by atoms with Crippen LogP contribution in [0.2, 0.25) is 0 Å². The van der Waals surface area contributed by atoms with Gasteiger partial charge in [0.1, 0.15) is 5.01 Å². The summed E-state index contributed by atoms with van der Waals surface area (Å²) in [6, 6.07) is 1.80. The predicted molar refractivity (Wildman–Crippen MR) is 85.9 cm³/mol. The fraction of sp³-hybridized carbons (Fsp3) is 0.357. The number of hydrogen-bond acceptors (Lipinski definition) is 5. The number of nitrogens with one attached hydrogen (secondary N) is 1. The first-order chi connectivity index (χ1) is 9.72. The fourth-order valence-electron chi connectivity index (χ4n) is 2.16. The highest BCUT2D eigenvalue weighted by Crippen LogP contribution is 2.27. The monoisotopic (exact) mass is 325 g/mol. The van der Waals surface area contributed by atoms with E-state index in [0.717, 1.165) is 21.8 Å². The maximum absolute atomic E-state index is 12.6. The highest BCUT2D eigenvalue weighted by molar-refractivity contribution is 7.89. The summed E-state index contributed by atoms with van der Waals surface area (Å²) in [4.78, 5) is 4.53. The first kappa shape index (κ1) is 15.9. The van der Waals surface area contributed by atoms with Crippen LogP contribution in [0.15, 0.2) is 16.3 Å². The molecule has 5 nitrogen and oxygen atoms in total. The topological polar surface area (TPSA) is 85.1 Å². The molecule has 1 aromatic carbocycles. The summed E-state index contributed by atoms with van der Waals surface area (Å²) in [5, 5.41) is 2.64. The molecule has 1 aromatic heterocycles. The Bertz CT molecular complexity index is 754. The van der Waals surface area contributed by atoms with E-state index in [1.165, 1.54) is 11.3 Å². The minimum atomic E-state index is -3.62. The van der Waals surface area contributed by atoms with Gasteiger partial charge in [0, 0.05) is 16.8 Å². The highest BCUT2D eigenvalue weighted by Gasteiger charge is 2.22. The lowest BCUT2D eigenvalue weighted by molar-refractivity contribution is 0.579. The highest BCUT2D eigenvalue weighted by atomic mass is 32.2. The lowest BCUT2D eigenvalue weighted by Gasteiger charge is -2.15. The van der Waals surface area contributed by atoms with Crippen molar-refractivity contribution in [3.63, 3.8) is 0 Å². The number of anilines is 1. The minimum absolute atomic E-state index is 0.188. The molecule has 0 bridgehead atoms. The van der Waals surface area contributed by atoms with Crippen molar-refractivity contribution in [1.29, 1.82) is 0 Å². The summed E-state index contributed by atoms with van der Waals surface area (Å²) in [5.74, 6) is 0. The third-order valence-corrected chi connectivity index (χ3v) is 6.07. The number of sulfonamides is 1. The fourth-order valence-corrected chi connectivity index (χ4v) is 4.52. The minimum Gasteiger partial charge on any atom is -0.398 e. The average molecular weight is 325 g/mol. The standard InChI is InChI=1S/C14H19N3O2S2/c1-8-5-12(15)11(4)14(10(8)3)21(18,19)16-6-13-17-9(2)7-20-13/h5,7,16H,6,15H2,1-4H3. The normalized spacial score (nSPS) is 11.8. The van der Waals surface area contributed by atoms with Crippen LogP contribution in [0.25, 0.3) is 0 Å². The largest absolute Gasteiger partial charge is 0.398 e. The van der Waals surface area contributed by atoms with Crippen LogP contribution in [0.1, 0.15) is 27.4 Å². The summed E-state index contributed by atoms with van der Waals surface area (Å²) in [6.45, 7) is 7.44. The van der Waals surface area contributed by atoms with Crippen LogP contribution >= 0.6 is 11.3 Å². The maximum atomic E-state index is 12.6. The molecule has 0 amide bonds. The molecule has 0 saturated heterocycles. The van der Waals surface area contributed by atoms with E-state index in [9.17, 15) is 8.42 Å². The third kappa shape index (κ3) is 3.25. The molecule has 0 aliphatic heterocycles. The number of aryl methyl sites for hydroxylation is 2. The summed E-state index contributed by atoms with van der Waals surface area (Å²) in [5.41, 5.74) is 9.45. The van der Waals surface area contributed by atoms with E-state index in [2.05, 4.69) is 9.71 Å². The number of hydrogen-bond donors (Lipinski definition) is 2. The lowest BCUT2D eigenvalue weighted by atomic mass is 10.1. The molecule has 0 fully saturated rings. The number of nitrogen functional groups attached to an aromatic ring is 1. The second-order valence-corrected chi connectivity index (χ2v) is 7.72. The Morgan fingerprint density at radius 1 is 1.24 bits per heavy atom. The summed E-state index contributed by atoms with van der Waals surface area (Å²) < 4.78 is 27.7. The number of thiazole rings is 1. The van der Waals surface area contributed by atoms with Crippen molar-refractivity contribution in [2.45, 2.75) is 39.1 Å². The molecule has 7 heteroatoms. The number of nitrogens with zero attached hydrogens (tertiary/aromatic N) is 1. The van der Waals surface area contributed by atoms with Gasteiger partial charge in [-0.3, -0.25) is 0 Å². The zero-order valence-corrected chi connectivity index (χ0v) is 14.2. The molecule has 2 rings (SSSR count). The van der Waals surface area contributed by atoms with Gasteiger partial charge in [-0.2, -0.15) is 0 Å². The molecule has 2 aromatic rings. The van der Waals surface area contributed by atoms with Crippen LogP contribution in [0.3, 0.4) is 0 Å². The second kappa shape index (κ2) is 5.75. The second-order valence-electron chi connectivity index (χ2n) is 5.07. The quantitative estimate of drug-likeness (QED) is 0.846. The SMILES string of the molecule is Cc1csc(CNS(=O)(=O)c2c(C)c(C)cc(N)c2C)n1. The molecular formula is C14H19N3O2S2. The number of aromatic nitrogens is 1. The van der Waals surface area contributed by atoms with E-state index in [0.29, 0.717) is 11.3 Å². The average Bonchev–Trinajstić information content (AvgIpc) is 2.80. The van der Waals surface area contributed by atoms with E-state index in [-0.39, 0.29) is 11.4 Å². The van der Waals surface area contributed by atoms with Gasteiger partial charge in [0.25, 0.3) is 0 Å². The molecular weight excluding hydrogens is 306 g/mol. The van der Waals surface area contributed by atoms with Gasteiger partial charge in [-0.25, -0.2) is 18.1 Å². The van der Waals surface area contributed by atoms with Crippen LogP contribution in [0.4, 0.5) is 5.69 Å². The van der Waals surface area contributed by atoms with Crippen molar-refractivity contribution in [3.8, 4) is 0 Å². The van der Waals surface area contributed by atoms with E-state index >= 15 is 0 Å². The van der Waals surface area contributed by atoms with Gasteiger partial charge in [-0.15, -0.1) is 11.3 Å². The van der Waals surface area contributed by atoms with Gasteiger partial charge < -0.3 is 5.73 Å². The molecule has 0 atom stereocenters. The van der Waals surface area contributed by atoms with Crippen molar-refractivity contribution in [3.05, 3.63) is 38.8 Å². The summed E-state index contributed by atoms with van der Waals surface area (Å²) in [6.07, 6.45) is 0. The van der Waals surface area contributed by atoms with Crippen molar-refractivity contribution in [1.82, 2.24) is 9.71 Å². The molecule has 1 heterocycles. The van der Waals surface area contributed by atoms with Crippen LogP contribution in [0.5, 0.6) is 0 Å². The molecule has 0 aliphatic carbocycles. The van der Waals surface area contributed by atoms with Gasteiger partial charge in [0.05, 0.1) is 11.4 Å². The summed E-state index contributed by atoms with van der Waals surface area (Å²) in [7, 11) is -3.62. The van der Waals surface area contributed by atoms with Crippen molar-refractivity contribution in [2.75, 3.05) is 5.73 Å². The zero-order valence-electron chi connectivity index (χ0n) is 12.5. The van der Waals surface area contributed by atoms with Crippen LogP contribution < -0.4 is 10.5 Å². The molecule has 0 spiro atoms. The van der Waals surface area contributed by atoms with Crippen LogP contribution in [0, 0.1) is 27.7 Å². The number of rotatable bonds is 4. The smallest absolute Gasteiger partial charge is 0.241 e. The first-order valence-electron chi connectivity index (χ1n) is 6.49. The first-order valence-corrected chi connectivity index (χ1v) is 8.85. The predicted octanol–water partition coefficient (Wildman–Crippen LogP) is 2.44. The Morgan fingerprint density at radius 3 is 2.48 bits per heavy atom. The van der Waals surface area contributed by atoms with E-state index in [1.54, 1.807) is 19.9 Å². The van der Waals surface area contributed by atoms with Gasteiger partial charge in [0.2, 0.25) is 10.0 Å². The van der Waals surface area contributed by atoms with Crippen molar-refractivity contribution >= 4 is 27.0 Å². The third-order valence-electron chi connectivity index (χ3n) is 3.43. The zero-order chi connectivity index (χ0) is 15.8. The lowest BCUT2D eigenvalue weighted by Crippen LogP contribution is -2.25. The van der Waals surface area contributed by atoms with Crippen molar-refractivity contribution in [2.24, 2.45) is 0 Å². The van der Waals surface area contributed by atoms with Crippen molar-refractivity contribution < 1.29 is 8.42 Å². The molecule has 114 valence electrons. The van der Waals surface area contributed by atoms with Crippen LogP contribution in [-0.4, -0.2) is 13.4 Å². The Kier molecular flexibility index (Phi) is 4.36. The Balaban J connectivity index is 2.36. The van der Waals surface area contributed by atoms with Gasteiger partial charge in [0.15, 0.2) is 0 Å². The Labute approximate surface area is 129 Å². The molecule has 3 N–H and O–H groups in total. The molecule has 21 heavy (non-hydrogen) atoms. The van der Waals surface area contributed by atoms with Gasteiger partial charge >= 0.3 is 0 Å². The number of nitrogens with two attached hydrogens (primary N) is 1. The Morgan fingerprint density at radius 2 is 1.90 bits per heavy atom. The van der Waals surface area contributed by atoms with Gasteiger partial charge in [-0.1, -0.05) is 0 Å². The van der Waals surface area contributed by atoms with Gasteiger partial charge in [-0.05, 0) is 50.5 Å². The number of benzene rings is 1. The van der Waals surface area contributed by atoms with Crippen LogP contribution in [-0.2, 0) is 16.6 Å².